The summed E-state index contributed by atoms with van der Waals surface area (Å²) in [4.78, 5) is 4.25. The van der Waals surface area contributed by atoms with Crippen LogP contribution < -0.4 is 10.1 Å². The predicted octanol–water partition coefficient (Wildman–Crippen LogP) is 3.80. The number of ether oxygens (including phenoxy) is 1. The van der Waals surface area contributed by atoms with Crippen LogP contribution >= 0.6 is 15.9 Å². The van der Waals surface area contributed by atoms with E-state index in [1.54, 1.807) is 19.2 Å². The highest BCUT2D eigenvalue weighted by atomic mass is 79.9. The Morgan fingerprint density at radius 3 is 2.84 bits per heavy atom. The molecule has 0 atom stereocenters. The van der Waals surface area contributed by atoms with E-state index in [2.05, 4.69) is 26.2 Å². The summed E-state index contributed by atoms with van der Waals surface area (Å²) in [6, 6.07) is 6.36. The molecule has 0 saturated heterocycles. The van der Waals surface area contributed by atoms with E-state index in [-0.39, 0.29) is 5.82 Å². The molecule has 0 aliphatic heterocycles. The number of benzene rings is 1. The van der Waals surface area contributed by atoms with Crippen molar-refractivity contribution in [2.45, 2.75) is 13.5 Å². The van der Waals surface area contributed by atoms with Crippen LogP contribution in [0.2, 0.25) is 0 Å². The summed E-state index contributed by atoms with van der Waals surface area (Å²) in [7, 11) is 1.85. The Balaban J connectivity index is 2.32. The lowest BCUT2D eigenvalue weighted by Crippen LogP contribution is -2.07. The predicted molar refractivity (Wildman–Crippen MR) is 75.9 cm³/mol. The largest absolute Gasteiger partial charge is 0.438 e. The minimum Gasteiger partial charge on any atom is -0.438 e. The third-order valence-electron chi connectivity index (χ3n) is 2.60. The standard InChI is InChI=1S/C14H14BrFN2O/c1-9-5-12(16)3-4-13(9)19-14-10(7-17-2)6-11(15)8-18-14/h3-6,8,17H,7H2,1-2H3. The smallest absolute Gasteiger partial charge is 0.223 e. The number of rotatable bonds is 4. The van der Waals surface area contributed by atoms with Gasteiger partial charge in [-0.3, -0.25) is 0 Å². The summed E-state index contributed by atoms with van der Waals surface area (Å²) >= 11 is 3.38. The van der Waals surface area contributed by atoms with Gasteiger partial charge in [0, 0.05) is 22.8 Å². The second-order valence-corrected chi connectivity index (χ2v) is 5.08. The molecule has 19 heavy (non-hydrogen) atoms. The average molecular weight is 325 g/mol. The Morgan fingerprint density at radius 1 is 1.37 bits per heavy atom. The van der Waals surface area contributed by atoms with E-state index in [4.69, 9.17) is 4.74 Å². The van der Waals surface area contributed by atoms with Gasteiger partial charge in [0.1, 0.15) is 11.6 Å². The summed E-state index contributed by atoms with van der Waals surface area (Å²) in [5.41, 5.74) is 1.67. The second kappa shape index (κ2) is 6.12. The summed E-state index contributed by atoms with van der Waals surface area (Å²) < 4.78 is 19.7. The Hall–Kier alpha value is -1.46. The fourth-order valence-corrected chi connectivity index (χ4v) is 2.09. The molecular formula is C14H14BrFN2O. The highest BCUT2D eigenvalue weighted by Gasteiger charge is 2.09. The van der Waals surface area contributed by atoms with Crippen LogP contribution in [0.15, 0.2) is 34.9 Å². The van der Waals surface area contributed by atoms with Gasteiger partial charge in [0.2, 0.25) is 5.88 Å². The number of nitrogens with one attached hydrogen (secondary N) is 1. The van der Waals surface area contributed by atoms with Gasteiger partial charge in [0.15, 0.2) is 0 Å². The van der Waals surface area contributed by atoms with Crippen molar-refractivity contribution in [3.05, 3.63) is 51.9 Å². The Kier molecular flexibility index (Phi) is 4.50. The maximum absolute atomic E-state index is 13.1. The van der Waals surface area contributed by atoms with Crippen molar-refractivity contribution in [1.29, 1.82) is 0 Å². The first kappa shape index (κ1) is 14.0. The summed E-state index contributed by atoms with van der Waals surface area (Å²) in [6.45, 7) is 2.44. The van der Waals surface area contributed by atoms with Crippen LogP contribution in [0, 0.1) is 12.7 Å². The lowest BCUT2D eigenvalue weighted by atomic mass is 10.2. The van der Waals surface area contributed by atoms with Gasteiger partial charge in [-0.2, -0.15) is 0 Å². The number of aryl methyl sites for hydroxylation is 1. The maximum atomic E-state index is 13.1. The van der Waals surface area contributed by atoms with Crippen molar-refractivity contribution in [3.8, 4) is 11.6 Å². The number of halogens is 2. The minimum atomic E-state index is -0.274. The summed E-state index contributed by atoms with van der Waals surface area (Å²) in [5.74, 6) is 0.852. The molecule has 2 aromatic rings. The molecule has 0 unspecified atom stereocenters. The van der Waals surface area contributed by atoms with E-state index in [0.29, 0.717) is 18.2 Å². The summed E-state index contributed by atoms with van der Waals surface area (Å²) in [6.07, 6.45) is 1.67. The zero-order valence-corrected chi connectivity index (χ0v) is 12.3. The van der Waals surface area contributed by atoms with Crippen LogP contribution in [-0.2, 0) is 6.54 Å². The molecule has 1 N–H and O–H groups in total. The van der Waals surface area contributed by atoms with Crippen LogP contribution in [0.4, 0.5) is 4.39 Å². The van der Waals surface area contributed by atoms with Crippen LogP contribution in [0.1, 0.15) is 11.1 Å². The van der Waals surface area contributed by atoms with Gasteiger partial charge in [-0.05, 0) is 59.7 Å². The zero-order chi connectivity index (χ0) is 13.8. The highest BCUT2D eigenvalue weighted by molar-refractivity contribution is 9.10. The molecule has 0 spiro atoms. The lowest BCUT2D eigenvalue weighted by Gasteiger charge is -2.12. The molecule has 0 fully saturated rings. The van der Waals surface area contributed by atoms with Crippen LogP contribution in [-0.4, -0.2) is 12.0 Å². The molecule has 0 aliphatic carbocycles. The number of nitrogens with zero attached hydrogens (tertiary/aromatic N) is 1. The van der Waals surface area contributed by atoms with Crippen molar-refractivity contribution in [1.82, 2.24) is 10.3 Å². The zero-order valence-electron chi connectivity index (χ0n) is 10.7. The molecule has 2 rings (SSSR count). The van der Waals surface area contributed by atoms with Crippen LogP contribution in [0.25, 0.3) is 0 Å². The van der Waals surface area contributed by atoms with Gasteiger partial charge in [-0.1, -0.05) is 0 Å². The van der Waals surface area contributed by atoms with E-state index < -0.39 is 0 Å². The molecule has 1 aromatic carbocycles. The second-order valence-electron chi connectivity index (χ2n) is 4.16. The first-order valence-electron chi connectivity index (χ1n) is 5.83. The number of hydrogen-bond acceptors (Lipinski definition) is 3. The van der Waals surface area contributed by atoms with Crippen molar-refractivity contribution in [2.24, 2.45) is 0 Å². The van der Waals surface area contributed by atoms with E-state index in [9.17, 15) is 4.39 Å². The molecule has 0 saturated carbocycles. The molecule has 0 amide bonds. The van der Waals surface area contributed by atoms with E-state index in [1.165, 1.54) is 12.1 Å². The molecule has 5 heteroatoms. The third kappa shape index (κ3) is 3.52. The Bertz CT molecular complexity index is 590. The molecule has 3 nitrogen and oxygen atoms in total. The average Bonchev–Trinajstić information content (AvgIpc) is 2.36. The van der Waals surface area contributed by atoms with Gasteiger partial charge in [-0.25, -0.2) is 9.37 Å². The van der Waals surface area contributed by atoms with Crippen molar-refractivity contribution in [2.75, 3.05) is 7.05 Å². The Morgan fingerprint density at radius 2 is 2.16 bits per heavy atom. The normalized spacial score (nSPS) is 10.5. The third-order valence-corrected chi connectivity index (χ3v) is 3.04. The minimum absolute atomic E-state index is 0.274. The van der Waals surface area contributed by atoms with Crippen molar-refractivity contribution >= 4 is 15.9 Å². The Labute approximate surface area is 119 Å². The van der Waals surface area contributed by atoms with Crippen LogP contribution in [0.5, 0.6) is 11.6 Å². The maximum Gasteiger partial charge on any atom is 0.223 e. The van der Waals surface area contributed by atoms with Gasteiger partial charge >= 0.3 is 0 Å². The number of aromatic nitrogens is 1. The fraction of sp³-hybridized carbons (Fsp3) is 0.214. The number of hydrogen-bond donors (Lipinski definition) is 1. The van der Waals surface area contributed by atoms with E-state index in [0.717, 1.165) is 15.6 Å². The lowest BCUT2D eigenvalue weighted by molar-refractivity contribution is 0.449. The van der Waals surface area contributed by atoms with Crippen molar-refractivity contribution in [3.63, 3.8) is 0 Å². The van der Waals surface area contributed by atoms with Gasteiger partial charge < -0.3 is 10.1 Å². The molecule has 100 valence electrons. The van der Waals surface area contributed by atoms with Gasteiger partial charge in [0.05, 0.1) is 0 Å². The monoisotopic (exact) mass is 324 g/mol. The molecule has 1 heterocycles. The quantitative estimate of drug-likeness (QED) is 0.928. The first-order valence-corrected chi connectivity index (χ1v) is 6.62. The fourth-order valence-electron chi connectivity index (χ4n) is 1.71. The molecule has 0 bridgehead atoms. The molecule has 1 aromatic heterocycles. The van der Waals surface area contributed by atoms with Crippen molar-refractivity contribution < 1.29 is 9.13 Å². The van der Waals surface area contributed by atoms with Crippen LogP contribution in [0.3, 0.4) is 0 Å². The molecular weight excluding hydrogens is 311 g/mol. The highest BCUT2D eigenvalue weighted by Crippen LogP contribution is 2.28. The molecule has 0 aliphatic rings. The topological polar surface area (TPSA) is 34.2 Å². The first-order chi connectivity index (χ1) is 9.10. The van der Waals surface area contributed by atoms with E-state index >= 15 is 0 Å². The van der Waals surface area contributed by atoms with E-state index in [1.807, 2.05) is 13.1 Å². The van der Waals surface area contributed by atoms with Gasteiger partial charge in [-0.15, -0.1) is 0 Å². The SMILES string of the molecule is CNCc1cc(Br)cnc1Oc1ccc(F)cc1C. The summed E-state index contributed by atoms with van der Waals surface area (Å²) in [5, 5.41) is 3.06. The molecule has 0 radical (unpaired) electrons. The van der Waals surface area contributed by atoms with Gasteiger partial charge in [0.25, 0.3) is 0 Å². The number of pyridine rings is 1.